The smallest absolute Gasteiger partial charge is 0.0889 e. The second-order valence-corrected chi connectivity index (χ2v) is 3.24. The van der Waals surface area contributed by atoms with Gasteiger partial charge >= 0.3 is 0 Å². The number of hydrogen-bond acceptors (Lipinski definition) is 3. The van der Waals surface area contributed by atoms with Gasteiger partial charge in [0.2, 0.25) is 0 Å². The first kappa shape index (κ1) is 9.21. The molecule has 2 rings (SSSR count). The van der Waals surface area contributed by atoms with E-state index in [0.717, 1.165) is 22.7 Å². The highest BCUT2D eigenvalue weighted by atomic mass is 32.1. The molecule has 2 nitrogen and oxygen atoms in total. The van der Waals surface area contributed by atoms with Crippen molar-refractivity contribution in [3.8, 4) is 11.4 Å². The third kappa shape index (κ3) is 1.93. The lowest BCUT2D eigenvalue weighted by atomic mass is 10.2. The van der Waals surface area contributed by atoms with Crippen molar-refractivity contribution in [2.45, 2.75) is 5.75 Å². The molecule has 0 saturated heterocycles. The number of thiol groups is 1. The molecule has 0 aromatic carbocycles. The Balaban J connectivity index is 2.42. The molecule has 0 aliphatic carbocycles. The Morgan fingerprint density at radius 1 is 1.00 bits per heavy atom. The highest BCUT2D eigenvalue weighted by Gasteiger charge is 1.99. The van der Waals surface area contributed by atoms with E-state index in [1.54, 1.807) is 12.4 Å². The van der Waals surface area contributed by atoms with Crippen molar-refractivity contribution in [3.05, 3.63) is 48.3 Å². The van der Waals surface area contributed by atoms with E-state index in [1.165, 1.54) is 0 Å². The average Bonchev–Trinajstić information content (AvgIpc) is 2.30. The fourth-order valence-electron chi connectivity index (χ4n) is 1.23. The fraction of sp³-hybridized carbons (Fsp3) is 0.0909. The van der Waals surface area contributed by atoms with Gasteiger partial charge in [-0.1, -0.05) is 6.07 Å². The van der Waals surface area contributed by atoms with Crippen molar-refractivity contribution in [3.63, 3.8) is 0 Å². The Morgan fingerprint density at radius 3 is 2.57 bits per heavy atom. The van der Waals surface area contributed by atoms with Gasteiger partial charge in [0.25, 0.3) is 0 Å². The summed E-state index contributed by atoms with van der Waals surface area (Å²) in [6, 6.07) is 9.77. The van der Waals surface area contributed by atoms with Crippen molar-refractivity contribution in [1.82, 2.24) is 9.97 Å². The van der Waals surface area contributed by atoms with Crippen molar-refractivity contribution < 1.29 is 0 Å². The molecular weight excluding hydrogens is 192 g/mol. The first-order valence-electron chi connectivity index (χ1n) is 4.37. The summed E-state index contributed by atoms with van der Waals surface area (Å²) in [7, 11) is 0. The summed E-state index contributed by atoms with van der Waals surface area (Å²) in [5.41, 5.74) is 2.96. The molecular formula is C11H10N2S. The number of nitrogens with zero attached hydrogens (tertiary/aromatic N) is 2. The third-order valence-electron chi connectivity index (χ3n) is 1.93. The van der Waals surface area contributed by atoms with E-state index in [4.69, 9.17) is 0 Å². The van der Waals surface area contributed by atoms with Gasteiger partial charge in [0.1, 0.15) is 0 Å². The fourth-order valence-corrected chi connectivity index (χ4v) is 1.42. The zero-order valence-corrected chi connectivity index (χ0v) is 8.48. The van der Waals surface area contributed by atoms with Crippen molar-refractivity contribution in [2.75, 3.05) is 0 Å². The first-order valence-corrected chi connectivity index (χ1v) is 5.00. The maximum atomic E-state index is 4.26. The van der Waals surface area contributed by atoms with Crippen LogP contribution in [0.4, 0.5) is 0 Å². The summed E-state index contributed by atoms with van der Waals surface area (Å²) in [6.07, 6.45) is 3.56. The largest absolute Gasteiger partial charge is 0.255 e. The van der Waals surface area contributed by atoms with Crippen LogP contribution in [-0.2, 0) is 5.75 Å². The van der Waals surface area contributed by atoms with Crippen LogP contribution in [0.3, 0.4) is 0 Å². The molecule has 0 aliphatic rings. The van der Waals surface area contributed by atoms with Gasteiger partial charge in [0.05, 0.1) is 11.4 Å². The van der Waals surface area contributed by atoms with Gasteiger partial charge in [-0.05, 0) is 29.8 Å². The predicted molar refractivity (Wildman–Crippen MR) is 60.2 cm³/mol. The summed E-state index contributed by atoms with van der Waals surface area (Å²) < 4.78 is 0. The number of pyridine rings is 2. The van der Waals surface area contributed by atoms with E-state index in [2.05, 4.69) is 22.6 Å². The minimum Gasteiger partial charge on any atom is -0.255 e. The number of aromatic nitrogens is 2. The Hall–Kier alpha value is -1.35. The number of rotatable bonds is 2. The Labute approximate surface area is 88.4 Å². The maximum Gasteiger partial charge on any atom is 0.0889 e. The Morgan fingerprint density at radius 2 is 1.86 bits per heavy atom. The zero-order chi connectivity index (χ0) is 9.80. The molecule has 3 heteroatoms. The van der Waals surface area contributed by atoms with E-state index in [1.807, 2.05) is 30.3 Å². The molecule has 2 aromatic rings. The topological polar surface area (TPSA) is 25.8 Å². The average molecular weight is 202 g/mol. The van der Waals surface area contributed by atoms with Crippen LogP contribution < -0.4 is 0 Å². The zero-order valence-electron chi connectivity index (χ0n) is 7.59. The molecule has 0 bridgehead atoms. The predicted octanol–water partition coefficient (Wildman–Crippen LogP) is 2.57. The van der Waals surface area contributed by atoms with Gasteiger partial charge in [-0.25, -0.2) is 0 Å². The lowest BCUT2D eigenvalue weighted by molar-refractivity contribution is 1.22. The van der Waals surface area contributed by atoms with Crippen LogP contribution in [0.2, 0.25) is 0 Å². The SMILES string of the molecule is SCc1ccnc(-c2ccccn2)c1. The van der Waals surface area contributed by atoms with Crippen LogP contribution in [0, 0.1) is 0 Å². The van der Waals surface area contributed by atoms with E-state index < -0.39 is 0 Å². The highest BCUT2D eigenvalue weighted by molar-refractivity contribution is 7.79. The van der Waals surface area contributed by atoms with E-state index in [9.17, 15) is 0 Å². The van der Waals surface area contributed by atoms with Crippen molar-refractivity contribution in [2.24, 2.45) is 0 Å². The summed E-state index contributed by atoms with van der Waals surface area (Å²) in [4.78, 5) is 8.50. The Kier molecular flexibility index (Phi) is 2.79. The molecule has 0 aliphatic heterocycles. The summed E-state index contributed by atoms with van der Waals surface area (Å²) in [5.74, 6) is 0.725. The van der Waals surface area contributed by atoms with Crippen molar-refractivity contribution >= 4 is 12.6 Å². The molecule has 0 radical (unpaired) electrons. The van der Waals surface area contributed by atoms with Crippen LogP contribution >= 0.6 is 12.6 Å². The lowest BCUT2D eigenvalue weighted by Gasteiger charge is -2.00. The normalized spacial score (nSPS) is 10.1. The second kappa shape index (κ2) is 4.24. The molecule has 0 unspecified atom stereocenters. The molecule has 2 heterocycles. The van der Waals surface area contributed by atoms with Crippen LogP contribution in [0.1, 0.15) is 5.56 Å². The minimum atomic E-state index is 0.725. The van der Waals surface area contributed by atoms with E-state index in [-0.39, 0.29) is 0 Å². The van der Waals surface area contributed by atoms with Gasteiger partial charge in [-0.15, -0.1) is 0 Å². The molecule has 0 saturated carbocycles. The molecule has 0 N–H and O–H groups in total. The molecule has 70 valence electrons. The van der Waals surface area contributed by atoms with Crippen LogP contribution in [0.15, 0.2) is 42.7 Å². The molecule has 0 fully saturated rings. The molecule has 0 amide bonds. The first-order chi connectivity index (χ1) is 6.90. The minimum absolute atomic E-state index is 0.725. The molecule has 0 spiro atoms. The van der Waals surface area contributed by atoms with Gasteiger partial charge in [0, 0.05) is 18.1 Å². The third-order valence-corrected chi connectivity index (χ3v) is 2.30. The standard InChI is InChI=1S/C11H10N2S/c14-8-9-4-6-13-11(7-9)10-3-1-2-5-12-10/h1-7,14H,8H2. The maximum absolute atomic E-state index is 4.26. The summed E-state index contributed by atoms with van der Waals surface area (Å²) in [5, 5.41) is 0. The second-order valence-electron chi connectivity index (χ2n) is 2.92. The lowest BCUT2D eigenvalue weighted by Crippen LogP contribution is -1.87. The monoisotopic (exact) mass is 202 g/mol. The van der Waals surface area contributed by atoms with Crippen LogP contribution in [-0.4, -0.2) is 9.97 Å². The molecule has 0 atom stereocenters. The van der Waals surface area contributed by atoms with Gasteiger partial charge < -0.3 is 0 Å². The Bertz CT molecular complexity index is 415. The van der Waals surface area contributed by atoms with Crippen molar-refractivity contribution in [1.29, 1.82) is 0 Å². The summed E-state index contributed by atoms with van der Waals surface area (Å²) >= 11 is 4.22. The molecule has 2 aromatic heterocycles. The quantitative estimate of drug-likeness (QED) is 0.757. The van der Waals surface area contributed by atoms with Crippen LogP contribution in [0.5, 0.6) is 0 Å². The van der Waals surface area contributed by atoms with Crippen LogP contribution in [0.25, 0.3) is 11.4 Å². The van der Waals surface area contributed by atoms with E-state index >= 15 is 0 Å². The van der Waals surface area contributed by atoms with Gasteiger partial charge in [0.15, 0.2) is 0 Å². The van der Waals surface area contributed by atoms with Gasteiger partial charge in [-0.3, -0.25) is 9.97 Å². The molecule has 14 heavy (non-hydrogen) atoms. The van der Waals surface area contributed by atoms with E-state index in [0.29, 0.717) is 0 Å². The summed E-state index contributed by atoms with van der Waals surface area (Å²) in [6.45, 7) is 0. The number of hydrogen-bond donors (Lipinski definition) is 1. The highest BCUT2D eigenvalue weighted by Crippen LogP contribution is 2.15. The van der Waals surface area contributed by atoms with Gasteiger partial charge in [-0.2, -0.15) is 12.6 Å².